The van der Waals surface area contributed by atoms with Crippen LogP contribution in [0.15, 0.2) is 24.3 Å². The zero-order chi connectivity index (χ0) is 15.7. The van der Waals surface area contributed by atoms with Crippen molar-refractivity contribution in [3.63, 3.8) is 0 Å². The van der Waals surface area contributed by atoms with Gasteiger partial charge in [0.1, 0.15) is 0 Å². The number of amides is 2. The molecule has 0 spiro atoms. The maximum Gasteiger partial charge on any atom is 0.251 e. The highest BCUT2D eigenvalue weighted by molar-refractivity contribution is 5.94. The van der Waals surface area contributed by atoms with Crippen LogP contribution in [0.4, 0.5) is 0 Å². The zero-order valence-corrected chi connectivity index (χ0v) is 12.7. The fourth-order valence-electron chi connectivity index (χ4n) is 1.94. The summed E-state index contributed by atoms with van der Waals surface area (Å²) in [4.78, 5) is 23.2. The van der Waals surface area contributed by atoms with Gasteiger partial charge in [0.2, 0.25) is 5.91 Å². The predicted octanol–water partition coefficient (Wildman–Crippen LogP) is 1.26. The average Bonchev–Trinajstić information content (AvgIpc) is 2.52. The van der Waals surface area contributed by atoms with Crippen LogP contribution in [0.5, 0.6) is 0 Å². The molecule has 2 amide bonds. The molecule has 1 atom stereocenters. The van der Waals surface area contributed by atoms with Crippen LogP contribution in [0.2, 0.25) is 0 Å². The molecule has 0 radical (unpaired) electrons. The second-order valence-electron chi connectivity index (χ2n) is 4.98. The van der Waals surface area contributed by atoms with Crippen molar-refractivity contribution in [1.82, 2.24) is 10.6 Å². The van der Waals surface area contributed by atoms with Gasteiger partial charge in [-0.3, -0.25) is 9.59 Å². The Morgan fingerprint density at radius 3 is 2.76 bits per heavy atom. The van der Waals surface area contributed by atoms with Crippen molar-refractivity contribution in [2.24, 2.45) is 0 Å². The number of hydrogen-bond donors (Lipinski definition) is 3. The molecule has 3 N–H and O–H groups in total. The quantitative estimate of drug-likeness (QED) is 0.675. The van der Waals surface area contributed by atoms with Crippen molar-refractivity contribution in [3.05, 3.63) is 35.4 Å². The van der Waals surface area contributed by atoms with Crippen molar-refractivity contribution in [1.29, 1.82) is 0 Å². The Hall–Kier alpha value is -1.88. The van der Waals surface area contributed by atoms with Crippen LogP contribution in [0.3, 0.4) is 0 Å². The van der Waals surface area contributed by atoms with Gasteiger partial charge in [0.05, 0.1) is 6.10 Å². The van der Waals surface area contributed by atoms with E-state index in [9.17, 15) is 14.7 Å². The average molecular weight is 292 g/mol. The molecule has 1 aromatic carbocycles. The maximum absolute atomic E-state index is 11.7. The Morgan fingerprint density at radius 2 is 2.10 bits per heavy atom. The molecule has 21 heavy (non-hydrogen) atoms. The summed E-state index contributed by atoms with van der Waals surface area (Å²) in [5, 5.41) is 14.8. The summed E-state index contributed by atoms with van der Waals surface area (Å²) in [7, 11) is 1.59. The van der Waals surface area contributed by atoms with Crippen LogP contribution >= 0.6 is 0 Å². The highest BCUT2D eigenvalue weighted by Crippen LogP contribution is 2.07. The first kappa shape index (κ1) is 17.2. The summed E-state index contributed by atoms with van der Waals surface area (Å²) in [6.45, 7) is 2.40. The Morgan fingerprint density at radius 1 is 1.33 bits per heavy atom. The fraction of sp³-hybridized carbons (Fsp3) is 0.500. The zero-order valence-electron chi connectivity index (χ0n) is 12.7. The molecule has 5 nitrogen and oxygen atoms in total. The van der Waals surface area contributed by atoms with E-state index in [1.165, 1.54) is 0 Å². The van der Waals surface area contributed by atoms with Gasteiger partial charge in [-0.25, -0.2) is 0 Å². The van der Waals surface area contributed by atoms with E-state index >= 15 is 0 Å². The van der Waals surface area contributed by atoms with Crippen molar-refractivity contribution < 1.29 is 14.7 Å². The minimum Gasteiger partial charge on any atom is -0.393 e. The molecule has 1 aromatic rings. The second kappa shape index (κ2) is 9.13. The molecule has 0 aromatic heterocycles. The lowest BCUT2D eigenvalue weighted by molar-refractivity contribution is -0.121. The van der Waals surface area contributed by atoms with E-state index in [2.05, 4.69) is 10.6 Å². The lowest BCUT2D eigenvalue weighted by Crippen LogP contribution is -2.27. The van der Waals surface area contributed by atoms with E-state index in [4.69, 9.17) is 0 Å². The highest BCUT2D eigenvalue weighted by Gasteiger charge is 2.07. The lowest BCUT2D eigenvalue weighted by atomic mass is 10.1. The third kappa shape index (κ3) is 6.40. The standard InChI is InChI=1S/C16H24N2O3/c1-3-14(19)9-10-18-15(20)8-7-12-5-4-6-13(11-12)16(21)17-2/h4-6,11,14,19H,3,7-10H2,1-2H3,(H,17,21)(H,18,20). The Bertz CT molecular complexity index is 474. The van der Waals surface area contributed by atoms with E-state index in [1.54, 1.807) is 19.2 Å². The molecule has 0 fully saturated rings. The van der Waals surface area contributed by atoms with Gasteiger partial charge in [-0.2, -0.15) is 0 Å². The van der Waals surface area contributed by atoms with Gasteiger partial charge in [-0.05, 0) is 37.0 Å². The number of hydrogen-bond acceptors (Lipinski definition) is 3. The van der Waals surface area contributed by atoms with Gasteiger partial charge in [0.25, 0.3) is 5.91 Å². The van der Waals surface area contributed by atoms with E-state index in [-0.39, 0.29) is 17.9 Å². The maximum atomic E-state index is 11.7. The SMILES string of the molecule is CCC(O)CCNC(=O)CCc1cccc(C(=O)NC)c1. The first-order valence-electron chi connectivity index (χ1n) is 7.32. The molecule has 1 unspecified atom stereocenters. The topological polar surface area (TPSA) is 78.4 Å². The summed E-state index contributed by atoms with van der Waals surface area (Å²) >= 11 is 0. The Labute approximate surface area is 125 Å². The summed E-state index contributed by atoms with van der Waals surface area (Å²) in [5.41, 5.74) is 1.56. The minimum absolute atomic E-state index is 0.0383. The van der Waals surface area contributed by atoms with Crippen LogP contribution in [0.25, 0.3) is 0 Å². The highest BCUT2D eigenvalue weighted by atomic mass is 16.3. The van der Waals surface area contributed by atoms with Gasteiger partial charge in [0, 0.05) is 25.6 Å². The molecule has 5 heteroatoms. The molecule has 0 bridgehead atoms. The lowest BCUT2D eigenvalue weighted by Gasteiger charge is -2.09. The van der Waals surface area contributed by atoms with Crippen LogP contribution in [0, 0.1) is 0 Å². The summed E-state index contributed by atoms with van der Waals surface area (Å²) < 4.78 is 0. The van der Waals surface area contributed by atoms with Gasteiger partial charge in [-0.1, -0.05) is 19.1 Å². The minimum atomic E-state index is -0.352. The molecule has 0 saturated heterocycles. The van der Waals surface area contributed by atoms with Crippen LogP contribution in [-0.4, -0.2) is 36.6 Å². The van der Waals surface area contributed by atoms with E-state index in [0.29, 0.717) is 37.8 Å². The smallest absolute Gasteiger partial charge is 0.251 e. The first-order chi connectivity index (χ1) is 10.1. The fourth-order valence-corrected chi connectivity index (χ4v) is 1.94. The largest absolute Gasteiger partial charge is 0.393 e. The first-order valence-corrected chi connectivity index (χ1v) is 7.32. The van der Waals surface area contributed by atoms with Crippen molar-refractivity contribution in [2.45, 2.75) is 38.7 Å². The van der Waals surface area contributed by atoms with Crippen molar-refractivity contribution in [3.8, 4) is 0 Å². The van der Waals surface area contributed by atoms with Crippen molar-refractivity contribution in [2.75, 3.05) is 13.6 Å². The van der Waals surface area contributed by atoms with Gasteiger partial charge < -0.3 is 15.7 Å². The number of benzene rings is 1. The Balaban J connectivity index is 2.37. The van der Waals surface area contributed by atoms with Crippen molar-refractivity contribution >= 4 is 11.8 Å². The van der Waals surface area contributed by atoms with Crippen LogP contribution in [0.1, 0.15) is 42.1 Å². The predicted molar refractivity (Wildman–Crippen MR) is 82.1 cm³/mol. The second-order valence-corrected chi connectivity index (χ2v) is 4.98. The number of aryl methyl sites for hydroxylation is 1. The monoisotopic (exact) mass is 292 g/mol. The molecule has 1 rings (SSSR count). The molecular weight excluding hydrogens is 268 g/mol. The molecule has 0 heterocycles. The van der Waals surface area contributed by atoms with Gasteiger partial charge in [-0.15, -0.1) is 0 Å². The number of carbonyl (C=O) groups excluding carboxylic acids is 2. The van der Waals surface area contributed by atoms with Crippen LogP contribution in [-0.2, 0) is 11.2 Å². The summed E-state index contributed by atoms with van der Waals surface area (Å²) in [6.07, 6.45) is 1.89. The number of nitrogens with one attached hydrogen (secondary N) is 2. The van der Waals surface area contributed by atoms with Gasteiger partial charge in [0.15, 0.2) is 0 Å². The summed E-state index contributed by atoms with van der Waals surface area (Å²) in [6, 6.07) is 7.26. The number of rotatable bonds is 8. The molecule has 0 aliphatic carbocycles. The third-order valence-corrected chi connectivity index (χ3v) is 3.33. The van der Waals surface area contributed by atoms with Gasteiger partial charge >= 0.3 is 0 Å². The Kier molecular flexibility index (Phi) is 7.46. The normalized spacial score (nSPS) is 11.8. The molecular formula is C16H24N2O3. The number of aliphatic hydroxyl groups excluding tert-OH is 1. The van der Waals surface area contributed by atoms with E-state index < -0.39 is 0 Å². The number of aliphatic hydroxyl groups is 1. The molecule has 0 aliphatic rings. The van der Waals surface area contributed by atoms with E-state index in [1.807, 2.05) is 19.1 Å². The summed E-state index contributed by atoms with van der Waals surface area (Å²) in [5.74, 6) is -0.168. The number of carbonyl (C=O) groups is 2. The molecule has 0 saturated carbocycles. The molecule has 116 valence electrons. The van der Waals surface area contributed by atoms with Crippen LogP contribution < -0.4 is 10.6 Å². The third-order valence-electron chi connectivity index (χ3n) is 3.33. The molecule has 0 aliphatic heterocycles. The van der Waals surface area contributed by atoms with E-state index in [0.717, 1.165) is 5.56 Å².